The number of hydrogen-bond donors (Lipinski definition) is 0. The molecule has 0 aromatic heterocycles. The molecule has 0 aliphatic heterocycles. The fourth-order valence-corrected chi connectivity index (χ4v) is 3.03. The molecule has 2 heteroatoms. The van der Waals surface area contributed by atoms with Gasteiger partial charge in [0.05, 0.1) is 6.42 Å². The molecule has 0 N–H and O–H groups in total. The fourth-order valence-electron chi connectivity index (χ4n) is 3.03. The summed E-state index contributed by atoms with van der Waals surface area (Å²) in [6.07, 6.45) is 5.86. The largest absolute Gasteiger partial charge is 0.294 e. The first-order valence-electron chi connectivity index (χ1n) is 6.73. The summed E-state index contributed by atoms with van der Waals surface area (Å²) in [7, 11) is 0. The summed E-state index contributed by atoms with van der Waals surface area (Å²) in [5, 5.41) is 0. The van der Waals surface area contributed by atoms with Crippen LogP contribution in [0.25, 0.3) is 0 Å². The van der Waals surface area contributed by atoms with Crippen LogP contribution in [0.3, 0.4) is 0 Å². The van der Waals surface area contributed by atoms with Crippen LogP contribution in [0, 0.1) is 0 Å². The van der Waals surface area contributed by atoms with Crippen molar-refractivity contribution >= 4 is 11.6 Å². The Labute approximate surface area is 112 Å². The van der Waals surface area contributed by atoms with Crippen molar-refractivity contribution in [3.63, 3.8) is 0 Å². The van der Waals surface area contributed by atoms with E-state index in [0.717, 1.165) is 29.6 Å². The number of rotatable bonds is 0. The predicted molar refractivity (Wildman–Crippen MR) is 74.2 cm³/mol. The zero-order valence-corrected chi connectivity index (χ0v) is 11.0. The molecule has 0 radical (unpaired) electrons. The Morgan fingerprint density at radius 1 is 1.11 bits per heavy atom. The smallest absolute Gasteiger partial charge is 0.170 e. The van der Waals surface area contributed by atoms with Crippen LogP contribution >= 0.6 is 0 Å². The van der Waals surface area contributed by atoms with E-state index in [1.54, 1.807) is 0 Å². The Balaban J connectivity index is 2.21. The molecule has 96 valence electrons. The lowest BCUT2D eigenvalue weighted by Gasteiger charge is -2.25. The number of fused-ring (bicyclic) bond motifs is 1. The van der Waals surface area contributed by atoms with Crippen molar-refractivity contribution in [1.29, 1.82) is 0 Å². The average molecular weight is 252 g/mol. The summed E-state index contributed by atoms with van der Waals surface area (Å²) >= 11 is 0. The third-order valence-corrected chi connectivity index (χ3v) is 4.06. The normalized spacial score (nSPS) is 22.7. The van der Waals surface area contributed by atoms with E-state index in [0.29, 0.717) is 5.56 Å². The quantitative estimate of drug-likeness (QED) is 0.661. The molecule has 0 saturated carbocycles. The van der Waals surface area contributed by atoms with Crippen LogP contribution < -0.4 is 0 Å². The van der Waals surface area contributed by atoms with E-state index in [9.17, 15) is 9.59 Å². The van der Waals surface area contributed by atoms with Gasteiger partial charge >= 0.3 is 0 Å². The molecule has 3 rings (SSSR count). The van der Waals surface area contributed by atoms with Gasteiger partial charge in [0.2, 0.25) is 0 Å². The summed E-state index contributed by atoms with van der Waals surface area (Å²) in [6, 6.07) is 7.65. The second-order valence-electron chi connectivity index (χ2n) is 5.21. The van der Waals surface area contributed by atoms with Crippen LogP contribution in [0.4, 0.5) is 0 Å². The highest BCUT2D eigenvalue weighted by molar-refractivity contribution is 6.15. The van der Waals surface area contributed by atoms with Gasteiger partial charge in [0.1, 0.15) is 0 Å². The van der Waals surface area contributed by atoms with Gasteiger partial charge < -0.3 is 0 Å². The zero-order chi connectivity index (χ0) is 13.4. The molecule has 2 aliphatic rings. The highest BCUT2D eigenvalue weighted by atomic mass is 16.1. The SMILES string of the molecule is CC1C2=C(CCC=C2)C(=O)CC(=O)c2ccccc21. The van der Waals surface area contributed by atoms with Crippen molar-refractivity contribution in [3.8, 4) is 0 Å². The number of hydrogen-bond acceptors (Lipinski definition) is 2. The fraction of sp³-hybridized carbons (Fsp3) is 0.294. The molecule has 1 unspecified atom stereocenters. The van der Waals surface area contributed by atoms with Crippen LogP contribution in [-0.4, -0.2) is 11.6 Å². The van der Waals surface area contributed by atoms with Gasteiger partial charge in [-0.2, -0.15) is 0 Å². The minimum Gasteiger partial charge on any atom is -0.294 e. The summed E-state index contributed by atoms with van der Waals surface area (Å²) in [6.45, 7) is 2.08. The standard InChI is InChI=1S/C17H16O2/c1-11-12-6-2-4-8-14(12)16(18)10-17(19)15-9-5-3-7-13(11)15/h2-4,6-8,11H,5,9-10H2,1H3. The van der Waals surface area contributed by atoms with E-state index in [2.05, 4.69) is 19.1 Å². The highest BCUT2D eigenvalue weighted by Gasteiger charge is 2.28. The summed E-state index contributed by atoms with van der Waals surface area (Å²) in [5.41, 5.74) is 3.70. The molecule has 1 aromatic rings. The molecule has 0 heterocycles. The molecule has 0 amide bonds. The lowest BCUT2D eigenvalue weighted by atomic mass is 9.78. The lowest BCUT2D eigenvalue weighted by Crippen LogP contribution is -2.20. The summed E-state index contributed by atoms with van der Waals surface area (Å²) in [4.78, 5) is 24.5. The van der Waals surface area contributed by atoms with Gasteiger partial charge in [0.15, 0.2) is 11.6 Å². The van der Waals surface area contributed by atoms with Gasteiger partial charge in [-0.3, -0.25) is 9.59 Å². The van der Waals surface area contributed by atoms with E-state index in [4.69, 9.17) is 0 Å². The number of carbonyl (C=O) groups is 2. The molecular weight excluding hydrogens is 236 g/mol. The number of benzene rings is 1. The maximum atomic E-state index is 12.3. The van der Waals surface area contributed by atoms with Crippen molar-refractivity contribution in [3.05, 3.63) is 58.7 Å². The molecule has 0 saturated heterocycles. The highest BCUT2D eigenvalue weighted by Crippen LogP contribution is 2.36. The molecular formula is C17H16O2. The van der Waals surface area contributed by atoms with Crippen LogP contribution in [0.1, 0.15) is 48.0 Å². The number of Topliss-reactive ketones (excluding diaryl/α,β-unsaturated/α-hetero) is 2. The van der Waals surface area contributed by atoms with Crippen LogP contribution in [0.15, 0.2) is 47.6 Å². The Hall–Kier alpha value is -1.96. The van der Waals surface area contributed by atoms with Crippen LogP contribution in [-0.2, 0) is 4.79 Å². The molecule has 2 nitrogen and oxygen atoms in total. The molecule has 0 spiro atoms. The van der Waals surface area contributed by atoms with Gasteiger partial charge in [-0.1, -0.05) is 43.3 Å². The number of carbonyl (C=O) groups excluding carboxylic acids is 2. The van der Waals surface area contributed by atoms with Gasteiger partial charge in [0, 0.05) is 11.5 Å². The zero-order valence-electron chi connectivity index (χ0n) is 11.0. The Kier molecular flexibility index (Phi) is 2.94. The molecule has 1 aromatic carbocycles. The summed E-state index contributed by atoms with van der Waals surface area (Å²) < 4.78 is 0. The average Bonchev–Trinajstić information content (AvgIpc) is 2.45. The van der Waals surface area contributed by atoms with E-state index in [1.807, 2.05) is 24.3 Å². The molecule has 19 heavy (non-hydrogen) atoms. The van der Waals surface area contributed by atoms with Crippen molar-refractivity contribution < 1.29 is 9.59 Å². The van der Waals surface area contributed by atoms with Crippen molar-refractivity contribution in [2.24, 2.45) is 0 Å². The van der Waals surface area contributed by atoms with E-state index in [1.165, 1.54) is 0 Å². The minimum absolute atomic E-state index is 0.00528. The monoisotopic (exact) mass is 252 g/mol. The van der Waals surface area contributed by atoms with Gasteiger partial charge in [-0.05, 0) is 29.6 Å². The van der Waals surface area contributed by atoms with E-state index in [-0.39, 0.29) is 23.9 Å². The first-order valence-corrected chi connectivity index (χ1v) is 6.73. The predicted octanol–water partition coefficient (Wildman–Crippen LogP) is 3.59. The maximum absolute atomic E-state index is 12.3. The molecule has 2 aliphatic carbocycles. The van der Waals surface area contributed by atoms with Crippen molar-refractivity contribution in [2.75, 3.05) is 0 Å². The van der Waals surface area contributed by atoms with Crippen LogP contribution in [0.5, 0.6) is 0 Å². The Bertz CT molecular complexity index is 620. The van der Waals surface area contributed by atoms with Crippen molar-refractivity contribution in [1.82, 2.24) is 0 Å². The van der Waals surface area contributed by atoms with Gasteiger partial charge in [-0.15, -0.1) is 0 Å². The third-order valence-electron chi connectivity index (χ3n) is 4.06. The first kappa shape index (κ1) is 12.1. The van der Waals surface area contributed by atoms with Gasteiger partial charge in [-0.25, -0.2) is 0 Å². The van der Waals surface area contributed by atoms with Crippen LogP contribution in [0.2, 0.25) is 0 Å². The molecule has 1 atom stereocenters. The third kappa shape index (κ3) is 1.97. The second kappa shape index (κ2) is 4.61. The second-order valence-corrected chi connectivity index (χ2v) is 5.21. The number of ketones is 2. The van der Waals surface area contributed by atoms with Gasteiger partial charge in [0.25, 0.3) is 0 Å². The molecule has 0 fully saturated rings. The molecule has 0 bridgehead atoms. The lowest BCUT2D eigenvalue weighted by molar-refractivity contribution is -0.115. The van der Waals surface area contributed by atoms with Crippen molar-refractivity contribution in [2.45, 2.75) is 32.1 Å². The Morgan fingerprint density at radius 2 is 1.89 bits per heavy atom. The van der Waals surface area contributed by atoms with E-state index >= 15 is 0 Å². The Morgan fingerprint density at radius 3 is 2.74 bits per heavy atom. The first-order chi connectivity index (χ1) is 9.18. The minimum atomic E-state index is -0.0476. The number of allylic oxidation sites excluding steroid dienone is 4. The topological polar surface area (TPSA) is 34.1 Å². The van der Waals surface area contributed by atoms with E-state index < -0.39 is 0 Å². The summed E-state index contributed by atoms with van der Waals surface area (Å²) in [5.74, 6) is 0.0650. The maximum Gasteiger partial charge on any atom is 0.170 e.